The van der Waals surface area contributed by atoms with Gasteiger partial charge in [-0.3, -0.25) is 4.79 Å². The maximum atomic E-state index is 12.1. The molecular weight excluding hydrogens is 248 g/mol. The Balaban J connectivity index is 0.00000120. The minimum atomic E-state index is 0. The molecule has 1 atom stereocenters. The van der Waals surface area contributed by atoms with E-state index in [2.05, 4.69) is 22.8 Å². The molecule has 2 aliphatic rings. The Labute approximate surface area is 114 Å². The van der Waals surface area contributed by atoms with Gasteiger partial charge >= 0.3 is 0 Å². The van der Waals surface area contributed by atoms with Crippen molar-refractivity contribution in [1.82, 2.24) is 10.6 Å². The number of piperidine rings is 1. The summed E-state index contributed by atoms with van der Waals surface area (Å²) in [6.07, 6.45) is 3.07. The zero-order chi connectivity index (χ0) is 11.7. The standard InChI is InChI=1S/C14H18N2O.ClH/c17-13-12(11-4-2-1-3-5-11)10-14(16-13)6-8-15-9-7-14;/h1-5,12,15H,6-10H2,(H,16,17);1H. The molecule has 0 saturated carbocycles. The zero-order valence-electron chi connectivity index (χ0n) is 10.3. The zero-order valence-corrected chi connectivity index (χ0v) is 11.1. The summed E-state index contributed by atoms with van der Waals surface area (Å²) in [6, 6.07) is 10.1. The molecule has 1 spiro atoms. The molecule has 3 nitrogen and oxygen atoms in total. The second kappa shape index (κ2) is 5.29. The summed E-state index contributed by atoms with van der Waals surface area (Å²) in [4.78, 5) is 12.1. The molecule has 0 bridgehead atoms. The number of hydrogen-bond acceptors (Lipinski definition) is 2. The van der Waals surface area contributed by atoms with E-state index in [9.17, 15) is 4.79 Å². The summed E-state index contributed by atoms with van der Waals surface area (Å²) in [5, 5.41) is 6.59. The van der Waals surface area contributed by atoms with E-state index in [0.29, 0.717) is 0 Å². The van der Waals surface area contributed by atoms with Gasteiger partial charge in [0.25, 0.3) is 0 Å². The molecule has 0 aromatic heterocycles. The van der Waals surface area contributed by atoms with E-state index in [0.717, 1.165) is 37.9 Å². The first-order valence-electron chi connectivity index (χ1n) is 6.37. The fourth-order valence-electron chi connectivity index (χ4n) is 3.07. The second-order valence-corrected chi connectivity index (χ2v) is 5.19. The summed E-state index contributed by atoms with van der Waals surface area (Å²) in [5.74, 6) is 0.257. The Kier molecular flexibility index (Phi) is 3.93. The number of amides is 1. The van der Waals surface area contributed by atoms with Crippen molar-refractivity contribution in [3.63, 3.8) is 0 Å². The highest BCUT2D eigenvalue weighted by atomic mass is 35.5. The van der Waals surface area contributed by atoms with Gasteiger partial charge in [-0.05, 0) is 37.9 Å². The molecule has 2 aliphatic heterocycles. The van der Waals surface area contributed by atoms with Gasteiger partial charge in [0, 0.05) is 5.54 Å². The van der Waals surface area contributed by atoms with Gasteiger partial charge in [0.2, 0.25) is 5.91 Å². The van der Waals surface area contributed by atoms with Crippen molar-refractivity contribution in [3.05, 3.63) is 35.9 Å². The number of halogens is 1. The molecule has 3 rings (SSSR count). The van der Waals surface area contributed by atoms with Crippen LogP contribution in [0.3, 0.4) is 0 Å². The molecule has 0 radical (unpaired) electrons. The van der Waals surface area contributed by atoms with Crippen LogP contribution >= 0.6 is 12.4 Å². The fraction of sp³-hybridized carbons (Fsp3) is 0.500. The van der Waals surface area contributed by atoms with Crippen LogP contribution in [0.4, 0.5) is 0 Å². The Morgan fingerprint density at radius 3 is 2.44 bits per heavy atom. The average molecular weight is 267 g/mol. The van der Waals surface area contributed by atoms with E-state index in [1.807, 2.05) is 18.2 Å². The summed E-state index contributed by atoms with van der Waals surface area (Å²) in [6.45, 7) is 2.03. The van der Waals surface area contributed by atoms with Crippen molar-refractivity contribution in [2.75, 3.05) is 13.1 Å². The highest BCUT2D eigenvalue weighted by molar-refractivity contribution is 5.87. The SMILES string of the molecule is Cl.O=C1NC2(CCNCC2)CC1c1ccccc1. The van der Waals surface area contributed by atoms with Crippen LogP contribution < -0.4 is 10.6 Å². The second-order valence-electron chi connectivity index (χ2n) is 5.19. The molecule has 4 heteroatoms. The Bertz CT molecular complexity index is 415. The highest BCUT2D eigenvalue weighted by Gasteiger charge is 2.44. The topological polar surface area (TPSA) is 41.1 Å². The molecule has 0 aliphatic carbocycles. The van der Waals surface area contributed by atoms with E-state index in [-0.39, 0.29) is 29.8 Å². The van der Waals surface area contributed by atoms with Gasteiger partial charge in [0.15, 0.2) is 0 Å². The van der Waals surface area contributed by atoms with Crippen LogP contribution in [0.25, 0.3) is 0 Å². The summed E-state index contributed by atoms with van der Waals surface area (Å²) in [7, 11) is 0. The smallest absolute Gasteiger partial charge is 0.228 e. The van der Waals surface area contributed by atoms with Crippen LogP contribution in [-0.4, -0.2) is 24.5 Å². The molecule has 98 valence electrons. The van der Waals surface area contributed by atoms with Crippen LogP contribution in [0.5, 0.6) is 0 Å². The van der Waals surface area contributed by atoms with Gasteiger partial charge in [-0.15, -0.1) is 12.4 Å². The molecule has 1 aromatic carbocycles. The lowest BCUT2D eigenvalue weighted by Crippen LogP contribution is -2.49. The predicted molar refractivity (Wildman–Crippen MR) is 74.0 cm³/mol. The lowest BCUT2D eigenvalue weighted by Gasteiger charge is -2.33. The predicted octanol–water partition coefficient (Wildman–Crippen LogP) is 1.83. The molecule has 2 heterocycles. The van der Waals surface area contributed by atoms with Gasteiger partial charge in [0.1, 0.15) is 0 Å². The van der Waals surface area contributed by atoms with Gasteiger partial charge in [0.05, 0.1) is 5.92 Å². The first-order valence-corrected chi connectivity index (χ1v) is 6.37. The number of rotatable bonds is 1. The van der Waals surface area contributed by atoms with Gasteiger partial charge in [-0.2, -0.15) is 0 Å². The van der Waals surface area contributed by atoms with Crippen molar-refractivity contribution in [2.45, 2.75) is 30.7 Å². The Morgan fingerprint density at radius 1 is 1.11 bits per heavy atom. The number of carbonyl (C=O) groups excluding carboxylic acids is 1. The van der Waals surface area contributed by atoms with E-state index in [1.165, 1.54) is 0 Å². The molecular formula is C14H19ClN2O. The number of benzene rings is 1. The average Bonchev–Trinajstić information content (AvgIpc) is 2.68. The number of carbonyl (C=O) groups is 1. The van der Waals surface area contributed by atoms with E-state index < -0.39 is 0 Å². The third kappa shape index (κ3) is 2.38. The molecule has 2 fully saturated rings. The van der Waals surface area contributed by atoms with Crippen molar-refractivity contribution >= 4 is 18.3 Å². The molecule has 1 amide bonds. The molecule has 1 unspecified atom stereocenters. The van der Waals surface area contributed by atoms with Crippen LogP contribution in [0.2, 0.25) is 0 Å². The molecule has 2 N–H and O–H groups in total. The first kappa shape index (κ1) is 13.4. The van der Waals surface area contributed by atoms with Crippen molar-refractivity contribution in [1.29, 1.82) is 0 Å². The largest absolute Gasteiger partial charge is 0.350 e. The monoisotopic (exact) mass is 266 g/mol. The third-order valence-electron chi connectivity index (χ3n) is 4.06. The van der Waals surface area contributed by atoms with Crippen LogP contribution in [-0.2, 0) is 4.79 Å². The third-order valence-corrected chi connectivity index (χ3v) is 4.06. The minimum absolute atomic E-state index is 0. The fourth-order valence-corrected chi connectivity index (χ4v) is 3.07. The van der Waals surface area contributed by atoms with Crippen molar-refractivity contribution in [3.8, 4) is 0 Å². The Morgan fingerprint density at radius 2 is 1.78 bits per heavy atom. The minimum Gasteiger partial charge on any atom is -0.350 e. The van der Waals surface area contributed by atoms with Crippen LogP contribution in [0.1, 0.15) is 30.7 Å². The van der Waals surface area contributed by atoms with Crippen LogP contribution in [0, 0.1) is 0 Å². The maximum absolute atomic E-state index is 12.1. The lowest BCUT2D eigenvalue weighted by atomic mass is 9.82. The Hall–Kier alpha value is -1.06. The summed E-state index contributed by atoms with van der Waals surface area (Å²) in [5.41, 5.74) is 1.21. The summed E-state index contributed by atoms with van der Waals surface area (Å²) < 4.78 is 0. The molecule has 2 saturated heterocycles. The molecule has 1 aromatic rings. The van der Waals surface area contributed by atoms with E-state index >= 15 is 0 Å². The quantitative estimate of drug-likeness (QED) is 0.814. The van der Waals surface area contributed by atoms with Crippen molar-refractivity contribution in [2.24, 2.45) is 0 Å². The maximum Gasteiger partial charge on any atom is 0.228 e. The van der Waals surface area contributed by atoms with Gasteiger partial charge in [-0.1, -0.05) is 30.3 Å². The number of nitrogens with one attached hydrogen (secondary N) is 2. The van der Waals surface area contributed by atoms with Crippen molar-refractivity contribution < 1.29 is 4.79 Å². The van der Waals surface area contributed by atoms with Gasteiger partial charge in [-0.25, -0.2) is 0 Å². The first-order chi connectivity index (χ1) is 8.29. The van der Waals surface area contributed by atoms with Crippen LogP contribution in [0.15, 0.2) is 30.3 Å². The highest BCUT2D eigenvalue weighted by Crippen LogP contribution is 2.37. The van der Waals surface area contributed by atoms with E-state index in [1.54, 1.807) is 0 Å². The van der Waals surface area contributed by atoms with E-state index in [4.69, 9.17) is 0 Å². The molecule has 18 heavy (non-hydrogen) atoms. The van der Waals surface area contributed by atoms with Gasteiger partial charge < -0.3 is 10.6 Å². The lowest BCUT2D eigenvalue weighted by molar-refractivity contribution is -0.121. The number of hydrogen-bond donors (Lipinski definition) is 2. The summed E-state index contributed by atoms with van der Waals surface area (Å²) >= 11 is 0. The normalized spacial score (nSPS) is 25.6.